The first-order valence-corrected chi connectivity index (χ1v) is 10.5. The molecule has 0 atom stereocenters. The van der Waals surface area contributed by atoms with Gasteiger partial charge in [0, 0.05) is 24.2 Å². The van der Waals surface area contributed by atoms with E-state index in [9.17, 15) is 14.4 Å². The standard InChI is InChI=1S/C21H26N2O5S/c1-14-16(27-2)9-8-15(19(14)28-3)12-17-20(25)23(21(26)29-17)13-18(24)22-10-6-4-5-7-11-22/h8-9,12H,4-7,10-11,13H2,1-3H3. The van der Waals surface area contributed by atoms with Crippen molar-refractivity contribution < 1.29 is 23.9 Å². The summed E-state index contributed by atoms with van der Waals surface area (Å²) in [4.78, 5) is 40.9. The minimum Gasteiger partial charge on any atom is -0.496 e. The first-order chi connectivity index (χ1) is 14.0. The van der Waals surface area contributed by atoms with Crippen molar-refractivity contribution in [2.75, 3.05) is 33.9 Å². The van der Waals surface area contributed by atoms with Crippen LogP contribution in [0.25, 0.3) is 6.08 Å². The molecular weight excluding hydrogens is 392 g/mol. The molecule has 2 aliphatic rings. The van der Waals surface area contributed by atoms with Gasteiger partial charge in [-0.1, -0.05) is 12.8 Å². The molecule has 2 fully saturated rings. The van der Waals surface area contributed by atoms with Gasteiger partial charge in [0.1, 0.15) is 18.0 Å². The van der Waals surface area contributed by atoms with E-state index in [0.29, 0.717) is 30.2 Å². The molecule has 0 aliphatic carbocycles. The zero-order valence-electron chi connectivity index (χ0n) is 17.0. The Hall–Kier alpha value is -2.48. The zero-order valence-corrected chi connectivity index (χ0v) is 17.8. The van der Waals surface area contributed by atoms with Gasteiger partial charge in [-0.05, 0) is 49.7 Å². The molecule has 3 amide bonds. The predicted octanol–water partition coefficient (Wildman–Crippen LogP) is 3.45. The second-order valence-electron chi connectivity index (χ2n) is 7.08. The molecule has 1 aromatic carbocycles. The highest BCUT2D eigenvalue weighted by molar-refractivity contribution is 8.18. The molecule has 2 saturated heterocycles. The average Bonchev–Trinajstić information content (AvgIpc) is 2.90. The smallest absolute Gasteiger partial charge is 0.294 e. The summed E-state index contributed by atoms with van der Waals surface area (Å²) in [6, 6.07) is 3.57. The van der Waals surface area contributed by atoms with Crippen LogP contribution in [0.2, 0.25) is 0 Å². The molecule has 0 saturated carbocycles. The lowest BCUT2D eigenvalue weighted by atomic mass is 10.1. The second-order valence-corrected chi connectivity index (χ2v) is 8.07. The number of imide groups is 1. The van der Waals surface area contributed by atoms with Crippen molar-refractivity contribution in [1.29, 1.82) is 0 Å². The van der Waals surface area contributed by atoms with Gasteiger partial charge in [0.2, 0.25) is 5.91 Å². The van der Waals surface area contributed by atoms with E-state index in [0.717, 1.165) is 47.9 Å². The number of nitrogens with zero attached hydrogens (tertiary/aromatic N) is 2. The Morgan fingerprint density at radius 1 is 1.10 bits per heavy atom. The molecule has 7 nitrogen and oxygen atoms in total. The van der Waals surface area contributed by atoms with E-state index in [4.69, 9.17) is 9.47 Å². The fourth-order valence-corrected chi connectivity index (χ4v) is 4.46. The number of benzene rings is 1. The molecule has 29 heavy (non-hydrogen) atoms. The van der Waals surface area contributed by atoms with E-state index in [1.807, 2.05) is 6.92 Å². The third-order valence-corrected chi connectivity index (χ3v) is 6.13. The Kier molecular flexibility index (Phi) is 6.84. The lowest BCUT2D eigenvalue weighted by Crippen LogP contribution is -2.42. The molecule has 8 heteroatoms. The van der Waals surface area contributed by atoms with E-state index >= 15 is 0 Å². The van der Waals surface area contributed by atoms with Crippen molar-refractivity contribution >= 4 is 34.9 Å². The molecule has 2 aliphatic heterocycles. The third kappa shape index (κ3) is 4.58. The van der Waals surface area contributed by atoms with Gasteiger partial charge in [-0.15, -0.1) is 0 Å². The lowest BCUT2D eigenvalue weighted by Gasteiger charge is -2.22. The number of thioether (sulfide) groups is 1. The predicted molar refractivity (Wildman–Crippen MR) is 112 cm³/mol. The number of likely N-dealkylation sites (tertiary alicyclic amines) is 1. The third-order valence-electron chi connectivity index (χ3n) is 5.22. The Morgan fingerprint density at radius 3 is 2.41 bits per heavy atom. The number of amides is 3. The summed E-state index contributed by atoms with van der Waals surface area (Å²) in [5, 5.41) is -0.423. The Bertz CT molecular complexity index is 844. The van der Waals surface area contributed by atoms with Gasteiger partial charge in [0.15, 0.2) is 0 Å². The quantitative estimate of drug-likeness (QED) is 0.682. The number of methoxy groups -OCH3 is 2. The summed E-state index contributed by atoms with van der Waals surface area (Å²) in [5.74, 6) is 0.638. The summed E-state index contributed by atoms with van der Waals surface area (Å²) >= 11 is 0.845. The number of carbonyl (C=O) groups excluding carboxylic acids is 3. The van der Waals surface area contributed by atoms with Gasteiger partial charge in [-0.2, -0.15) is 0 Å². The van der Waals surface area contributed by atoms with E-state index in [-0.39, 0.29) is 17.4 Å². The van der Waals surface area contributed by atoms with Crippen molar-refractivity contribution in [2.24, 2.45) is 0 Å². The lowest BCUT2D eigenvalue weighted by molar-refractivity contribution is -0.135. The molecule has 1 aromatic rings. The van der Waals surface area contributed by atoms with E-state index < -0.39 is 11.1 Å². The van der Waals surface area contributed by atoms with Crippen LogP contribution in [-0.2, 0) is 9.59 Å². The zero-order chi connectivity index (χ0) is 21.0. The molecule has 0 radical (unpaired) electrons. The van der Waals surface area contributed by atoms with E-state index in [1.54, 1.807) is 37.3 Å². The van der Waals surface area contributed by atoms with Crippen molar-refractivity contribution in [2.45, 2.75) is 32.6 Å². The molecule has 2 heterocycles. The number of ether oxygens (including phenoxy) is 2. The normalized spacial score (nSPS) is 18.9. The van der Waals surface area contributed by atoms with Crippen molar-refractivity contribution in [3.05, 3.63) is 28.2 Å². The molecule has 0 spiro atoms. The van der Waals surface area contributed by atoms with E-state index in [2.05, 4.69) is 0 Å². The van der Waals surface area contributed by atoms with E-state index in [1.165, 1.54) is 0 Å². The first-order valence-electron chi connectivity index (χ1n) is 9.71. The summed E-state index contributed by atoms with van der Waals surface area (Å²) in [6.07, 6.45) is 5.77. The molecule has 0 N–H and O–H groups in total. The minimum atomic E-state index is -0.446. The van der Waals surface area contributed by atoms with Crippen LogP contribution in [0, 0.1) is 6.92 Å². The van der Waals surface area contributed by atoms with Crippen LogP contribution in [-0.4, -0.2) is 60.7 Å². The van der Waals surface area contributed by atoms with Crippen LogP contribution in [0.3, 0.4) is 0 Å². The van der Waals surface area contributed by atoms with Gasteiger partial charge in [-0.25, -0.2) is 0 Å². The van der Waals surface area contributed by atoms with Crippen LogP contribution >= 0.6 is 11.8 Å². The van der Waals surface area contributed by atoms with Crippen LogP contribution in [0.5, 0.6) is 11.5 Å². The maximum Gasteiger partial charge on any atom is 0.294 e. The molecule has 0 bridgehead atoms. The van der Waals surface area contributed by atoms with Crippen LogP contribution in [0.1, 0.15) is 36.8 Å². The van der Waals surface area contributed by atoms with Gasteiger partial charge >= 0.3 is 0 Å². The first kappa shape index (κ1) is 21.2. The molecule has 156 valence electrons. The number of hydrogen-bond acceptors (Lipinski definition) is 6. The largest absolute Gasteiger partial charge is 0.496 e. The number of hydrogen-bond donors (Lipinski definition) is 0. The van der Waals surface area contributed by atoms with Crippen LogP contribution in [0.4, 0.5) is 4.79 Å². The van der Waals surface area contributed by atoms with Gasteiger partial charge in [0.25, 0.3) is 11.1 Å². The second kappa shape index (κ2) is 9.35. The highest BCUT2D eigenvalue weighted by Gasteiger charge is 2.37. The maximum atomic E-state index is 12.8. The molecular formula is C21H26N2O5S. The Morgan fingerprint density at radius 2 is 1.79 bits per heavy atom. The monoisotopic (exact) mass is 418 g/mol. The molecule has 0 aromatic heterocycles. The molecule has 0 unspecified atom stereocenters. The maximum absolute atomic E-state index is 12.8. The van der Waals surface area contributed by atoms with Crippen LogP contribution < -0.4 is 9.47 Å². The van der Waals surface area contributed by atoms with Gasteiger partial charge in [-0.3, -0.25) is 19.3 Å². The fourth-order valence-electron chi connectivity index (χ4n) is 3.63. The SMILES string of the molecule is COc1ccc(C=C2SC(=O)N(CC(=O)N3CCCCCC3)C2=O)c(OC)c1C. The summed E-state index contributed by atoms with van der Waals surface area (Å²) in [7, 11) is 3.12. The molecule has 3 rings (SSSR count). The summed E-state index contributed by atoms with van der Waals surface area (Å²) in [5.41, 5.74) is 1.48. The highest BCUT2D eigenvalue weighted by Crippen LogP contribution is 2.37. The number of rotatable bonds is 5. The summed E-state index contributed by atoms with van der Waals surface area (Å²) in [6.45, 7) is 3.03. The van der Waals surface area contributed by atoms with Gasteiger partial charge in [0.05, 0.1) is 19.1 Å². The highest BCUT2D eigenvalue weighted by atomic mass is 32.2. The minimum absolute atomic E-state index is 0.173. The van der Waals surface area contributed by atoms with Crippen molar-refractivity contribution in [3.63, 3.8) is 0 Å². The van der Waals surface area contributed by atoms with Crippen molar-refractivity contribution in [3.8, 4) is 11.5 Å². The topological polar surface area (TPSA) is 76.2 Å². The Labute approximate surface area is 175 Å². The van der Waals surface area contributed by atoms with Gasteiger partial charge < -0.3 is 14.4 Å². The van der Waals surface area contributed by atoms with Crippen LogP contribution in [0.15, 0.2) is 17.0 Å². The fraction of sp³-hybridized carbons (Fsp3) is 0.476. The summed E-state index contributed by atoms with van der Waals surface area (Å²) < 4.78 is 10.8. The number of carbonyl (C=O) groups is 3. The Balaban J connectivity index is 1.78. The van der Waals surface area contributed by atoms with Crippen molar-refractivity contribution in [1.82, 2.24) is 9.80 Å². The average molecular weight is 419 g/mol.